The molecule has 2 amide bonds. The number of rotatable bonds is 6. The van der Waals surface area contributed by atoms with Crippen molar-refractivity contribution < 1.29 is 18.4 Å². The van der Waals surface area contributed by atoms with E-state index in [4.69, 9.17) is 4.42 Å². The number of amidine groups is 2. The van der Waals surface area contributed by atoms with Crippen molar-refractivity contribution in [3.63, 3.8) is 0 Å². The van der Waals surface area contributed by atoms with Gasteiger partial charge >= 0.3 is 0 Å². The molecule has 5 rings (SSSR count). The molecular formula is C24H19FN4O3S. The minimum Gasteiger partial charge on any atom is -0.467 e. The Morgan fingerprint density at radius 1 is 1.12 bits per heavy atom. The van der Waals surface area contributed by atoms with Gasteiger partial charge in [-0.15, -0.1) is 0 Å². The van der Waals surface area contributed by atoms with Crippen LogP contribution >= 0.6 is 11.8 Å². The lowest BCUT2D eigenvalue weighted by atomic mass is 10.1. The molecule has 0 fully saturated rings. The van der Waals surface area contributed by atoms with Gasteiger partial charge < -0.3 is 9.73 Å². The Morgan fingerprint density at radius 3 is 2.73 bits per heavy atom. The summed E-state index contributed by atoms with van der Waals surface area (Å²) in [5, 5.41) is 3.24. The molecule has 0 unspecified atom stereocenters. The van der Waals surface area contributed by atoms with E-state index in [1.807, 2.05) is 24.3 Å². The fraction of sp³-hybridized carbons (Fsp3) is 0.167. The van der Waals surface area contributed by atoms with Crippen LogP contribution in [-0.2, 0) is 21.9 Å². The maximum atomic E-state index is 13.3. The molecule has 2 aromatic carbocycles. The summed E-state index contributed by atoms with van der Waals surface area (Å²) in [6.45, 7) is 0.246. The van der Waals surface area contributed by atoms with E-state index in [0.29, 0.717) is 28.2 Å². The van der Waals surface area contributed by atoms with Gasteiger partial charge in [-0.1, -0.05) is 36.0 Å². The third-order valence-corrected chi connectivity index (χ3v) is 6.26. The number of hydrogen-bond donors (Lipinski definition) is 1. The molecule has 33 heavy (non-hydrogen) atoms. The predicted molar refractivity (Wildman–Crippen MR) is 124 cm³/mol. The Morgan fingerprint density at radius 2 is 1.94 bits per heavy atom. The Kier molecular flexibility index (Phi) is 5.78. The van der Waals surface area contributed by atoms with Crippen molar-refractivity contribution in [2.24, 2.45) is 9.98 Å². The number of halogens is 1. The number of para-hydroxylation sites is 1. The van der Waals surface area contributed by atoms with Crippen LogP contribution in [0.5, 0.6) is 0 Å². The number of amides is 2. The molecule has 1 atom stereocenters. The molecule has 0 saturated heterocycles. The summed E-state index contributed by atoms with van der Waals surface area (Å²) in [7, 11) is 0. The zero-order chi connectivity index (χ0) is 22.8. The number of aliphatic imine (C=N–C) groups is 2. The van der Waals surface area contributed by atoms with Crippen molar-refractivity contribution in [2.45, 2.75) is 24.8 Å². The van der Waals surface area contributed by atoms with Gasteiger partial charge in [-0.3, -0.25) is 14.6 Å². The molecule has 166 valence electrons. The summed E-state index contributed by atoms with van der Waals surface area (Å²) in [6.07, 6.45) is 1.46. The first-order chi connectivity index (χ1) is 16.1. The van der Waals surface area contributed by atoms with Crippen LogP contribution in [0.25, 0.3) is 0 Å². The van der Waals surface area contributed by atoms with Crippen LogP contribution in [0.4, 0.5) is 10.1 Å². The first-order valence-corrected chi connectivity index (χ1v) is 11.3. The van der Waals surface area contributed by atoms with Crippen LogP contribution in [-0.4, -0.2) is 33.8 Å². The maximum Gasteiger partial charge on any atom is 0.259 e. The lowest BCUT2D eigenvalue weighted by Crippen LogP contribution is -2.42. The highest BCUT2D eigenvalue weighted by molar-refractivity contribution is 8.13. The number of thioether (sulfide) groups is 1. The largest absolute Gasteiger partial charge is 0.467 e. The molecule has 3 aromatic rings. The van der Waals surface area contributed by atoms with E-state index in [1.54, 1.807) is 24.3 Å². The van der Waals surface area contributed by atoms with Crippen LogP contribution in [0.1, 0.15) is 23.3 Å². The number of nitrogens with zero attached hydrogens (tertiary/aromatic N) is 3. The monoisotopic (exact) mass is 462 g/mol. The van der Waals surface area contributed by atoms with Crippen molar-refractivity contribution in [3.8, 4) is 0 Å². The van der Waals surface area contributed by atoms with E-state index in [9.17, 15) is 14.0 Å². The van der Waals surface area contributed by atoms with E-state index in [1.165, 1.54) is 35.1 Å². The summed E-state index contributed by atoms with van der Waals surface area (Å²) in [5.74, 6) is 0.746. The molecule has 2 aliphatic heterocycles. The van der Waals surface area contributed by atoms with Gasteiger partial charge in [0, 0.05) is 11.3 Å². The second-order valence-corrected chi connectivity index (χ2v) is 8.47. The highest BCUT2D eigenvalue weighted by atomic mass is 32.2. The van der Waals surface area contributed by atoms with Gasteiger partial charge in [0.15, 0.2) is 5.17 Å². The summed E-state index contributed by atoms with van der Waals surface area (Å²) in [5.41, 5.74) is 2.36. The maximum absolute atomic E-state index is 13.3. The third kappa shape index (κ3) is 4.45. The molecule has 0 radical (unpaired) electrons. The minimum absolute atomic E-state index is 0.0718. The van der Waals surface area contributed by atoms with Crippen LogP contribution in [0.15, 0.2) is 81.3 Å². The standard InChI is InChI=1S/C24H19FN4O3S/c25-16-9-7-15(8-10-16)14-33-24-28-19-6-2-1-5-18(19)22-27-20(23(31)29(22)24)12-21(30)26-13-17-4-3-11-32-17/h1-11,20H,12-14H2,(H,26,30)/t20-/m1/s1. The lowest BCUT2D eigenvalue weighted by molar-refractivity contribution is -0.128. The van der Waals surface area contributed by atoms with Crippen LogP contribution < -0.4 is 5.32 Å². The van der Waals surface area contributed by atoms with Gasteiger partial charge in [0.05, 0.1) is 24.9 Å². The summed E-state index contributed by atoms with van der Waals surface area (Å²) in [4.78, 5) is 36.5. The summed E-state index contributed by atoms with van der Waals surface area (Å²) in [6, 6.07) is 16.3. The second kappa shape index (κ2) is 9.03. The topological polar surface area (TPSA) is 87.3 Å². The van der Waals surface area contributed by atoms with Gasteiger partial charge in [0.2, 0.25) is 5.91 Å². The summed E-state index contributed by atoms with van der Waals surface area (Å²) >= 11 is 1.37. The third-order valence-electron chi connectivity index (χ3n) is 5.25. The second-order valence-electron chi connectivity index (χ2n) is 7.53. The normalized spacial score (nSPS) is 16.7. The molecule has 3 heterocycles. The average molecular weight is 463 g/mol. The Hall–Kier alpha value is -3.72. The fourth-order valence-electron chi connectivity index (χ4n) is 3.61. The molecule has 0 bridgehead atoms. The number of furan rings is 1. The van der Waals surface area contributed by atoms with E-state index in [-0.39, 0.29) is 30.6 Å². The quantitative estimate of drug-likeness (QED) is 0.600. The number of hydrogen-bond acceptors (Lipinski definition) is 6. The Balaban J connectivity index is 1.34. The molecule has 0 saturated carbocycles. The number of carbonyl (C=O) groups is 2. The first-order valence-electron chi connectivity index (χ1n) is 10.3. The number of nitrogens with one attached hydrogen (secondary N) is 1. The van der Waals surface area contributed by atoms with Gasteiger partial charge in [-0.05, 0) is 42.0 Å². The molecule has 7 nitrogen and oxygen atoms in total. The minimum atomic E-state index is -0.834. The molecule has 9 heteroatoms. The van der Waals surface area contributed by atoms with Crippen molar-refractivity contribution in [1.82, 2.24) is 10.2 Å². The molecule has 0 aliphatic carbocycles. The number of carbonyl (C=O) groups excluding carboxylic acids is 2. The van der Waals surface area contributed by atoms with Crippen molar-refractivity contribution in [3.05, 3.63) is 89.6 Å². The van der Waals surface area contributed by atoms with Gasteiger partial charge in [0.1, 0.15) is 23.5 Å². The van der Waals surface area contributed by atoms with Crippen molar-refractivity contribution in [1.29, 1.82) is 0 Å². The van der Waals surface area contributed by atoms with E-state index in [0.717, 1.165) is 11.1 Å². The average Bonchev–Trinajstić information content (AvgIpc) is 3.46. The number of benzene rings is 2. The van der Waals surface area contributed by atoms with Gasteiger partial charge in [-0.25, -0.2) is 14.3 Å². The van der Waals surface area contributed by atoms with Gasteiger partial charge in [-0.2, -0.15) is 0 Å². The van der Waals surface area contributed by atoms with E-state index in [2.05, 4.69) is 15.3 Å². The zero-order valence-electron chi connectivity index (χ0n) is 17.4. The molecule has 0 spiro atoms. The van der Waals surface area contributed by atoms with Crippen molar-refractivity contribution in [2.75, 3.05) is 0 Å². The predicted octanol–water partition coefficient (Wildman–Crippen LogP) is 4.02. The van der Waals surface area contributed by atoms with Crippen molar-refractivity contribution >= 4 is 40.3 Å². The molecule has 1 N–H and O–H groups in total. The molecule has 1 aromatic heterocycles. The van der Waals surface area contributed by atoms with Crippen LogP contribution in [0.2, 0.25) is 0 Å². The fourth-order valence-corrected chi connectivity index (χ4v) is 4.56. The lowest BCUT2D eigenvalue weighted by Gasteiger charge is -2.25. The highest BCUT2D eigenvalue weighted by Crippen LogP contribution is 2.34. The van der Waals surface area contributed by atoms with Gasteiger partial charge in [0.25, 0.3) is 5.91 Å². The molecular weight excluding hydrogens is 443 g/mol. The Labute approximate surface area is 193 Å². The molecule has 2 aliphatic rings. The summed E-state index contributed by atoms with van der Waals surface area (Å²) < 4.78 is 18.4. The van der Waals surface area contributed by atoms with Crippen LogP contribution in [0, 0.1) is 5.82 Å². The highest BCUT2D eigenvalue weighted by Gasteiger charge is 2.42. The SMILES string of the molecule is O=C(C[C@H]1N=C2c3ccccc3N=C(SCc3ccc(F)cc3)N2C1=O)NCc1ccco1. The smallest absolute Gasteiger partial charge is 0.259 e. The Bertz CT molecular complexity index is 1250. The zero-order valence-corrected chi connectivity index (χ0v) is 18.2. The van der Waals surface area contributed by atoms with Crippen LogP contribution in [0.3, 0.4) is 0 Å². The number of fused-ring (bicyclic) bond motifs is 3. The first kappa shape index (κ1) is 21.1. The van der Waals surface area contributed by atoms with E-state index >= 15 is 0 Å². The van der Waals surface area contributed by atoms with E-state index < -0.39 is 6.04 Å².